The molecule has 1 atom stereocenters. The zero-order chi connectivity index (χ0) is 15.4. The Labute approximate surface area is 122 Å². The molecule has 21 heavy (non-hydrogen) atoms. The Morgan fingerprint density at radius 2 is 2.24 bits per heavy atom. The van der Waals surface area contributed by atoms with E-state index in [1.165, 1.54) is 11.9 Å². The molecule has 0 radical (unpaired) electrons. The maximum atomic E-state index is 12.1. The number of likely N-dealkylation sites (N-methyl/N-ethyl adjacent to an activating group) is 1. The topological polar surface area (TPSA) is 96.6 Å². The Morgan fingerprint density at radius 1 is 1.48 bits per heavy atom. The lowest BCUT2D eigenvalue weighted by Gasteiger charge is -2.20. The molecule has 112 valence electrons. The van der Waals surface area contributed by atoms with Gasteiger partial charge < -0.3 is 15.5 Å². The van der Waals surface area contributed by atoms with E-state index in [0.717, 1.165) is 5.69 Å². The van der Waals surface area contributed by atoms with Crippen LogP contribution in [0.2, 0.25) is 0 Å². The van der Waals surface area contributed by atoms with Crippen molar-refractivity contribution in [2.45, 2.75) is 13.0 Å². The van der Waals surface area contributed by atoms with Crippen LogP contribution in [-0.2, 0) is 20.9 Å². The van der Waals surface area contributed by atoms with Gasteiger partial charge in [-0.15, -0.1) is 0 Å². The second-order valence-corrected chi connectivity index (χ2v) is 5.16. The summed E-state index contributed by atoms with van der Waals surface area (Å²) in [6, 6.07) is 5.49. The van der Waals surface area contributed by atoms with Crippen molar-refractivity contribution >= 4 is 17.7 Å². The summed E-state index contributed by atoms with van der Waals surface area (Å²) in [5, 5.41) is 0. The summed E-state index contributed by atoms with van der Waals surface area (Å²) in [4.78, 5) is 42.0. The number of aromatic nitrogens is 1. The van der Waals surface area contributed by atoms with E-state index in [2.05, 4.69) is 4.98 Å². The Balaban J connectivity index is 1.96. The highest BCUT2D eigenvalue weighted by atomic mass is 16.2. The monoisotopic (exact) mass is 290 g/mol. The van der Waals surface area contributed by atoms with Gasteiger partial charge in [0.05, 0.1) is 24.7 Å². The zero-order valence-electron chi connectivity index (χ0n) is 11.9. The van der Waals surface area contributed by atoms with Crippen LogP contribution in [0.25, 0.3) is 0 Å². The van der Waals surface area contributed by atoms with Gasteiger partial charge in [0.1, 0.15) is 0 Å². The highest BCUT2D eigenvalue weighted by Gasteiger charge is 2.35. The van der Waals surface area contributed by atoms with Gasteiger partial charge in [-0.3, -0.25) is 19.4 Å². The van der Waals surface area contributed by atoms with Crippen molar-refractivity contribution in [1.82, 2.24) is 14.8 Å². The van der Waals surface area contributed by atoms with Crippen LogP contribution in [0.5, 0.6) is 0 Å². The van der Waals surface area contributed by atoms with E-state index in [0.29, 0.717) is 13.1 Å². The van der Waals surface area contributed by atoms with Crippen molar-refractivity contribution in [3.05, 3.63) is 30.1 Å². The minimum Gasteiger partial charge on any atom is -0.368 e. The number of nitrogens with two attached hydrogens (primary N) is 1. The predicted octanol–water partition coefficient (Wildman–Crippen LogP) is -0.626. The second kappa shape index (κ2) is 6.34. The molecule has 0 aliphatic carbocycles. The largest absolute Gasteiger partial charge is 0.368 e. The van der Waals surface area contributed by atoms with Gasteiger partial charge in [0.15, 0.2) is 0 Å². The van der Waals surface area contributed by atoms with Crippen LogP contribution < -0.4 is 5.73 Å². The van der Waals surface area contributed by atoms with Crippen LogP contribution in [0, 0.1) is 5.92 Å². The smallest absolute Gasteiger partial charge is 0.237 e. The van der Waals surface area contributed by atoms with Gasteiger partial charge in [0.25, 0.3) is 0 Å². The molecule has 1 saturated heterocycles. The first kappa shape index (κ1) is 15.0. The highest BCUT2D eigenvalue weighted by Crippen LogP contribution is 2.21. The van der Waals surface area contributed by atoms with Crippen LogP contribution in [0.3, 0.4) is 0 Å². The molecule has 0 unspecified atom stereocenters. The third-order valence-corrected chi connectivity index (χ3v) is 3.41. The van der Waals surface area contributed by atoms with E-state index in [1.54, 1.807) is 17.2 Å². The van der Waals surface area contributed by atoms with Gasteiger partial charge in [-0.1, -0.05) is 6.07 Å². The van der Waals surface area contributed by atoms with Gasteiger partial charge in [0.2, 0.25) is 17.7 Å². The predicted molar refractivity (Wildman–Crippen MR) is 74.6 cm³/mol. The molecular weight excluding hydrogens is 272 g/mol. The van der Waals surface area contributed by atoms with Gasteiger partial charge in [-0.05, 0) is 12.1 Å². The van der Waals surface area contributed by atoms with Crippen molar-refractivity contribution < 1.29 is 14.4 Å². The third-order valence-electron chi connectivity index (χ3n) is 3.41. The second-order valence-electron chi connectivity index (χ2n) is 5.16. The van der Waals surface area contributed by atoms with E-state index in [9.17, 15) is 14.4 Å². The first-order valence-electron chi connectivity index (χ1n) is 6.68. The van der Waals surface area contributed by atoms with Gasteiger partial charge in [-0.2, -0.15) is 0 Å². The van der Waals surface area contributed by atoms with Crippen LogP contribution in [0.15, 0.2) is 24.4 Å². The molecule has 7 heteroatoms. The van der Waals surface area contributed by atoms with Crippen molar-refractivity contribution in [2.75, 3.05) is 20.1 Å². The summed E-state index contributed by atoms with van der Waals surface area (Å²) in [7, 11) is 1.51. The molecule has 0 saturated carbocycles. The molecule has 0 aromatic carbocycles. The molecular formula is C14H18N4O3. The molecule has 3 amide bonds. The zero-order valence-corrected chi connectivity index (χ0v) is 11.9. The molecule has 2 N–H and O–H groups in total. The summed E-state index contributed by atoms with van der Waals surface area (Å²) in [5.74, 6) is -1.30. The number of hydrogen-bond acceptors (Lipinski definition) is 4. The quantitative estimate of drug-likeness (QED) is 0.781. The van der Waals surface area contributed by atoms with Gasteiger partial charge >= 0.3 is 0 Å². The number of rotatable bonds is 5. The summed E-state index contributed by atoms with van der Waals surface area (Å²) >= 11 is 0. The molecule has 1 fully saturated rings. The molecule has 0 bridgehead atoms. The Morgan fingerprint density at radius 3 is 2.86 bits per heavy atom. The van der Waals surface area contributed by atoms with Crippen molar-refractivity contribution in [3.63, 3.8) is 0 Å². The molecule has 2 rings (SSSR count). The first-order chi connectivity index (χ1) is 9.97. The third kappa shape index (κ3) is 3.77. The minimum atomic E-state index is -0.569. The number of likely N-dealkylation sites (tertiary alicyclic amines) is 1. The summed E-state index contributed by atoms with van der Waals surface area (Å²) in [5.41, 5.74) is 5.85. The number of primary amides is 1. The van der Waals surface area contributed by atoms with Gasteiger partial charge in [0, 0.05) is 26.2 Å². The summed E-state index contributed by atoms with van der Waals surface area (Å²) in [6.45, 7) is 0.601. The number of hydrogen-bond donors (Lipinski definition) is 1. The number of pyridine rings is 1. The molecule has 2 heterocycles. The molecule has 0 spiro atoms. The highest BCUT2D eigenvalue weighted by molar-refractivity contribution is 5.91. The van der Waals surface area contributed by atoms with Crippen molar-refractivity contribution in [1.29, 1.82) is 0 Å². The minimum absolute atomic E-state index is 0.0773. The van der Waals surface area contributed by atoms with Crippen LogP contribution >= 0.6 is 0 Å². The number of carbonyl (C=O) groups excluding carboxylic acids is 3. The lowest BCUT2D eigenvalue weighted by molar-refractivity contribution is -0.137. The number of nitrogens with zero attached hydrogens (tertiary/aromatic N) is 3. The standard InChI is InChI=1S/C14H18N4O3/c1-17(9-12(15)19)14(21)10-6-13(20)18(7-10)8-11-4-2-3-5-16-11/h2-5,10H,6-9H2,1H3,(H2,15,19)/t10-/m0/s1. The SMILES string of the molecule is CN(CC(N)=O)C(=O)[C@H]1CC(=O)N(Cc2ccccn2)C1. The average Bonchev–Trinajstić information content (AvgIpc) is 2.79. The molecule has 1 aliphatic rings. The Kier molecular flexibility index (Phi) is 4.52. The summed E-state index contributed by atoms with van der Waals surface area (Å²) in [6.07, 6.45) is 1.83. The molecule has 7 nitrogen and oxygen atoms in total. The number of amides is 3. The molecule has 1 aromatic heterocycles. The molecule has 1 aliphatic heterocycles. The molecule has 1 aromatic rings. The van der Waals surface area contributed by atoms with Crippen molar-refractivity contribution in [2.24, 2.45) is 11.7 Å². The van der Waals surface area contributed by atoms with Crippen LogP contribution in [0.4, 0.5) is 0 Å². The lowest BCUT2D eigenvalue weighted by Crippen LogP contribution is -2.39. The van der Waals surface area contributed by atoms with Gasteiger partial charge in [-0.25, -0.2) is 0 Å². The maximum absolute atomic E-state index is 12.1. The lowest BCUT2D eigenvalue weighted by atomic mass is 10.1. The van der Waals surface area contributed by atoms with E-state index < -0.39 is 11.8 Å². The fraction of sp³-hybridized carbons (Fsp3) is 0.429. The van der Waals surface area contributed by atoms with E-state index >= 15 is 0 Å². The van der Waals surface area contributed by atoms with E-state index in [4.69, 9.17) is 5.73 Å². The van der Waals surface area contributed by atoms with Crippen LogP contribution in [0.1, 0.15) is 12.1 Å². The first-order valence-corrected chi connectivity index (χ1v) is 6.68. The van der Waals surface area contributed by atoms with Crippen LogP contribution in [-0.4, -0.2) is 52.6 Å². The summed E-state index contributed by atoms with van der Waals surface area (Å²) < 4.78 is 0. The van der Waals surface area contributed by atoms with E-state index in [-0.39, 0.29) is 24.8 Å². The average molecular weight is 290 g/mol. The van der Waals surface area contributed by atoms with E-state index in [1.807, 2.05) is 12.1 Å². The maximum Gasteiger partial charge on any atom is 0.237 e. The Bertz CT molecular complexity index is 546. The number of carbonyl (C=O) groups is 3. The fourth-order valence-corrected chi connectivity index (χ4v) is 2.40. The van der Waals surface area contributed by atoms with Crippen molar-refractivity contribution in [3.8, 4) is 0 Å². The fourth-order valence-electron chi connectivity index (χ4n) is 2.40. The Hall–Kier alpha value is -2.44. The normalized spacial score (nSPS) is 17.9.